The second-order valence-corrected chi connectivity index (χ2v) is 15.0. The Morgan fingerprint density at radius 1 is 1.06 bits per heavy atom. The van der Waals surface area contributed by atoms with Crippen molar-refractivity contribution in [1.29, 1.82) is 0 Å². The second-order valence-electron chi connectivity index (χ2n) is 13.4. The van der Waals surface area contributed by atoms with E-state index < -0.39 is 28.7 Å². The first-order chi connectivity index (χ1) is 22.5. The Labute approximate surface area is 283 Å². The predicted molar refractivity (Wildman–Crippen MR) is 190 cm³/mol. The summed E-state index contributed by atoms with van der Waals surface area (Å²) >= 11 is 1.65. The van der Waals surface area contributed by atoms with Gasteiger partial charge in [-0.25, -0.2) is 0 Å². The van der Waals surface area contributed by atoms with Gasteiger partial charge in [-0.1, -0.05) is 51.1 Å². The summed E-state index contributed by atoms with van der Waals surface area (Å²) in [5, 5.41) is 10.6. The van der Waals surface area contributed by atoms with Gasteiger partial charge < -0.3 is 24.5 Å². The number of nitrogens with zero attached hydrogens (tertiary/aromatic N) is 3. The summed E-state index contributed by atoms with van der Waals surface area (Å²) in [6, 6.07) is 11.9. The van der Waals surface area contributed by atoms with Gasteiger partial charge in [0.1, 0.15) is 11.8 Å². The number of aliphatic hydroxyl groups is 1. The van der Waals surface area contributed by atoms with E-state index in [0.29, 0.717) is 24.5 Å². The SMILES string of the molecule is C=CCN(C(=O)[C@@H]1[C@H]2C(=O)N([C@@H](CO)C(C)C)C(C(=O)N(CC=C)c3c(C)cccc3C)C23S[C@@H]1CC3C)c1ccc(OCC)cc1. The van der Waals surface area contributed by atoms with E-state index >= 15 is 4.79 Å². The molecule has 8 nitrogen and oxygen atoms in total. The number of ether oxygens (including phenoxy) is 1. The van der Waals surface area contributed by atoms with Crippen LogP contribution in [-0.2, 0) is 14.4 Å². The Bertz CT molecular complexity index is 1510. The van der Waals surface area contributed by atoms with E-state index in [1.54, 1.807) is 38.6 Å². The average Bonchev–Trinajstić information content (AvgIpc) is 3.63. The molecular formula is C38H49N3O5S. The first kappa shape index (κ1) is 34.8. The minimum atomic E-state index is -0.861. The first-order valence-corrected chi connectivity index (χ1v) is 17.6. The van der Waals surface area contributed by atoms with E-state index in [9.17, 15) is 14.7 Å². The molecule has 3 aliphatic heterocycles. The van der Waals surface area contributed by atoms with E-state index in [1.807, 2.05) is 77.1 Å². The van der Waals surface area contributed by atoms with Crippen LogP contribution in [0.1, 0.15) is 45.2 Å². The largest absolute Gasteiger partial charge is 0.494 e. The van der Waals surface area contributed by atoms with Crippen molar-refractivity contribution in [2.45, 2.75) is 70.0 Å². The van der Waals surface area contributed by atoms with Gasteiger partial charge in [-0.15, -0.1) is 24.9 Å². The van der Waals surface area contributed by atoms with Crippen LogP contribution in [0, 0.1) is 37.5 Å². The monoisotopic (exact) mass is 659 g/mol. The van der Waals surface area contributed by atoms with Crippen LogP contribution in [0.2, 0.25) is 0 Å². The third-order valence-electron chi connectivity index (χ3n) is 10.3. The maximum atomic E-state index is 15.2. The van der Waals surface area contributed by atoms with Crippen LogP contribution in [0.15, 0.2) is 67.8 Å². The van der Waals surface area contributed by atoms with Gasteiger partial charge in [0.25, 0.3) is 5.91 Å². The number of fused-ring (bicyclic) bond motifs is 1. The minimum Gasteiger partial charge on any atom is -0.494 e. The lowest BCUT2D eigenvalue weighted by atomic mass is 9.65. The molecule has 1 spiro atoms. The van der Waals surface area contributed by atoms with Gasteiger partial charge in [-0.3, -0.25) is 14.4 Å². The van der Waals surface area contributed by atoms with Gasteiger partial charge >= 0.3 is 0 Å². The van der Waals surface area contributed by atoms with E-state index in [4.69, 9.17) is 4.74 Å². The zero-order chi connectivity index (χ0) is 34.2. The van der Waals surface area contributed by atoms with Crippen molar-refractivity contribution < 1.29 is 24.2 Å². The van der Waals surface area contributed by atoms with Crippen LogP contribution >= 0.6 is 11.8 Å². The minimum absolute atomic E-state index is 0.0113. The van der Waals surface area contributed by atoms with Crippen LogP contribution < -0.4 is 14.5 Å². The number of carbonyl (C=O) groups excluding carboxylic acids is 3. The highest BCUT2D eigenvalue weighted by atomic mass is 32.2. The predicted octanol–water partition coefficient (Wildman–Crippen LogP) is 5.79. The summed E-state index contributed by atoms with van der Waals surface area (Å²) in [5.41, 5.74) is 3.41. The van der Waals surface area contributed by atoms with Crippen LogP contribution in [-0.4, -0.2) is 76.1 Å². The number of rotatable bonds is 13. The van der Waals surface area contributed by atoms with Gasteiger partial charge in [-0.05, 0) is 74.4 Å². The zero-order valence-corrected chi connectivity index (χ0v) is 29.3. The quantitative estimate of drug-likeness (QED) is 0.274. The number of hydrogen-bond donors (Lipinski definition) is 1. The molecule has 7 atom stereocenters. The maximum Gasteiger partial charge on any atom is 0.251 e. The Morgan fingerprint density at radius 2 is 1.68 bits per heavy atom. The van der Waals surface area contributed by atoms with Crippen LogP contribution in [0.25, 0.3) is 0 Å². The molecule has 3 fully saturated rings. The lowest BCUT2D eigenvalue weighted by molar-refractivity contribution is -0.142. The molecule has 0 aliphatic carbocycles. The first-order valence-electron chi connectivity index (χ1n) is 16.7. The molecule has 3 unspecified atom stereocenters. The van der Waals surface area contributed by atoms with Crippen molar-refractivity contribution in [2.75, 3.05) is 36.1 Å². The van der Waals surface area contributed by atoms with E-state index in [2.05, 4.69) is 20.1 Å². The van der Waals surface area contributed by atoms with E-state index in [1.165, 1.54) is 0 Å². The number of thioether (sulfide) groups is 1. The molecular weight excluding hydrogens is 611 g/mol. The van der Waals surface area contributed by atoms with Crippen LogP contribution in [0.3, 0.4) is 0 Å². The van der Waals surface area contributed by atoms with Crippen molar-refractivity contribution >= 4 is 40.9 Å². The van der Waals surface area contributed by atoms with E-state index in [0.717, 1.165) is 16.8 Å². The number of carbonyl (C=O) groups is 3. The molecule has 1 N–H and O–H groups in total. The molecule has 0 aromatic heterocycles. The van der Waals surface area contributed by atoms with Gasteiger partial charge in [-0.2, -0.15) is 0 Å². The van der Waals surface area contributed by atoms with Crippen molar-refractivity contribution in [3.8, 4) is 5.75 Å². The van der Waals surface area contributed by atoms with E-state index in [-0.39, 0.29) is 54.5 Å². The summed E-state index contributed by atoms with van der Waals surface area (Å²) in [5.74, 6) is -1.32. The zero-order valence-electron chi connectivity index (χ0n) is 28.5. The lowest BCUT2D eigenvalue weighted by Crippen LogP contribution is -2.60. The smallest absolute Gasteiger partial charge is 0.251 e. The Kier molecular flexibility index (Phi) is 10.3. The summed E-state index contributed by atoms with van der Waals surface area (Å²) in [7, 11) is 0. The van der Waals surface area contributed by atoms with Crippen molar-refractivity contribution in [3.05, 3.63) is 78.9 Å². The van der Waals surface area contributed by atoms with Crippen LogP contribution in [0.4, 0.5) is 11.4 Å². The van der Waals surface area contributed by atoms with Gasteiger partial charge in [0, 0.05) is 29.7 Å². The Morgan fingerprint density at radius 3 is 2.23 bits per heavy atom. The topological polar surface area (TPSA) is 90.4 Å². The molecule has 5 rings (SSSR count). The highest BCUT2D eigenvalue weighted by molar-refractivity contribution is 8.02. The molecule has 3 amide bonds. The van der Waals surface area contributed by atoms with Crippen molar-refractivity contribution in [3.63, 3.8) is 0 Å². The van der Waals surface area contributed by atoms with Gasteiger partial charge in [0.2, 0.25) is 11.8 Å². The highest BCUT2D eigenvalue weighted by Gasteiger charge is 2.77. The fourth-order valence-electron chi connectivity index (χ4n) is 8.32. The third kappa shape index (κ3) is 5.69. The average molecular weight is 660 g/mol. The number of aliphatic hydroxyl groups excluding tert-OH is 1. The molecule has 2 bridgehead atoms. The number of amides is 3. The normalized spacial score (nSPS) is 26.7. The maximum absolute atomic E-state index is 15.2. The van der Waals surface area contributed by atoms with Crippen molar-refractivity contribution in [2.24, 2.45) is 23.7 Å². The number of hydrogen-bond acceptors (Lipinski definition) is 6. The molecule has 47 heavy (non-hydrogen) atoms. The summed E-state index contributed by atoms with van der Waals surface area (Å²) < 4.78 is 4.79. The molecule has 3 heterocycles. The summed E-state index contributed by atoms with van der Waals surface area (Å²) in [6.45, 7) is 20.6. The number of anilines is 2. The van der Waals surface area contributed by atoms with Gasteiger partial charge in [0.05, 0.1) is 35.8 Å². The number of aryl methyl sites for hydroxylation is 2. The number of para-hydroxylation sites is 1. The molecule has 3 saturated heterocycles. The fourth-order valence-corrected chi connectivity index (χ4v) is 10.7. The molecule has 3 aliphatic rings. The standard InChI is InChI=1S/C38H49N3O5S/c1-9-19-39(27-15-17-28(18-16-27)46-11-3)35(43)31-30-21-26(8)38(47-30)32(31)36(44)41(29(22-42)23(4)5)34(38)37(45)40(20-10-2)33-24(6)13-12-14-25(33)7/h9-10,12-18,23,26,29-32,34,42H,1-2,11,19-22H2,3-8H3/t26?,29-,30+,31-,32-,34?,38?/m0/s1. The van der Waals surface area contributed by atoms with Crippen molar-refractivity contribution in [1.82, 2.24) is 4.90 Å². The highest BCUT2D eigenvalue weighted by Crippen LogP contribution is 2.69. The Balaban J connectivity index is 1.63. The number of benzene rings is 2. The number of likely N-dealkylation sites (tertiary alicyclic amines) is 1. The molecule has 9 heteroatoms. The van der Waals surface area contributed by atoms with Gasteiger partial charge in [0.15, 0.2) is 0 Å². The lowest BCUT2D eigenvalue weighted by Gasteiger charge is -2.43. The summed E-state index contributed by atoms with van der Waals surface area (Å²) in [6.07, 6.45) is 4.12. The molecule has 0 radical (unpaired) electrons. The Hall–Kier alpha value is -3.56. The fraction of sp³-hybridized carbons (Fsp3) is 0.500. The molecule has 0 saturated carbocycles. The summed E-state index contributed by atoms with van der Waals surface area (Å²) in [4.78, 5) is 50.0. The molecule has 2 aromatic rings. The van der Waals surface area contributed by atoms with Crippen LogP contribution in [0.5, 0.6) is 5.75 Å². The third-order valence-corrected chi connectivity index (χ3v) is 12.4. The second kappa shape index (κ2) is 13.9. The molecule has 2 aromatic carbocycles. The molecule has 252 valence electrons.